The molecule has 4 N–H and O–H groups in total. The van der Waals surface area contributed by atoms with Crippen LogP contribution in [0, 0.1) is 0 Å². The number of nitrogens with zero attached hydrogens (tertiary/aromatic N) is 1. The van der Waals surface area contributed by atoms with Gasteiger partial charge in [-0.1, -0.05) is 33.8 Å². The minimum absolute atomic E-state index is 0.115. The highest BCUT2D eigenvalue weighted by Gasteiger charge is 2.25. The highest BCUT2D eigenvalue weighted by atomic mass is 32.1. The van der Waals surface area contributed by atoms with Crippen LogP contribution >= 0.6 is 11.3 Å². The Bertz CT molecular complexity index is 614. The molecule has 2 aromatic heterocycles. The van der Waals surface area contributed by atoms with Gasteiger partial charge in [0.05, 0.1) is 11.4 Å². The molecule has 21 heavy (non-hydrogen) atoms. The summed E-state index contributed by atoms with van der Waals surface area (Å²) in [5.74, 6) is -0.0260. The standard InChI is InChI=1S/C15H22N4OS/c1-9(2)12-11(16)13(19-18-12)14(20)17-8-15(3,4)10-6-5-7-21-10/h5-7,9H,8,16H2,1-4H3,(H,17,20)(H,18,19). The van der Waals surface area contributed by atoms with Crippen molar-refractivity contribution in [2.45, 2.75) is 39.0 Å². The van der Waals surface area contributed by atoms with Gasteiger partial charge in [-0.15, -0.1) is 11.3 Å². The maximum atomic E-state index is 12.2. The number of aromatic nitrogens is 2. The Morgan fingerprint density at radius 2 is 2.24 bits per heavy atom. The Balaban J connectivity index is 2.06. The van der Waals surface area contributed by atoms with Gasteiger partial charge in [-0.25, -0.2) is 0 Å². The van der Waals surface area contributed by atoms with Crippen molar-refractivity contribution in [3.63, 3.8) is 0 Å². The minimum atomic E-state index is -0.236. The fourth-order valence-corrected chi connectivity index (χ4v) is 2.97. The van der Waals surface area contributed by atoms with Crippen LogP contribution in [0.1, 0.15) is 54.7 Å². The molecule has 0 bridgehead atoms. The Hall–Kier alpha value is -1.82. The summed E-state index contributed by atoms with van der Waals surface area (Å²) >= 11 is 1.69. The highest BCUT2D eigenvalue weighted by molar-refractivity contribution is 7.10. The zero-order valence-corrected chi connectivity index (χ0v) is 13.7. The molecule has 0 spiro atoms. The molecule has 0 fully saturated rings. The molecule has 0 radical (unpaired) electrons. The van der Waals surface area contributed by atoms with E-state index in [9.17, 15) is 4.79 Å². The SMILES string of the molecule is CC(C)c1[nH]nc(C(=O)NCC(C)(C)c2cccs2)c1N. The number of carbonyl (C=O) groups excluding carboxylic acids is 1. The second kappa shape index (κ2) is 5.89. The number of anilines is 1. The lowest BCUT2D eigenvalue weighted by molar-refractivity contribution is 0.0942. The molecule has 5 nitrogen and oxygen atoms in total. The number of rotatable bonds is 5. The molecule has 0 saturated carbocycles. The van der Waals surface area contributed by atoms with Crippen molar-refractivity contribution in [1.82, 2.24) is 15.5 Å². The molecule has 0 atom stereocenters. The Labute approximate surface area is 128 Å². The van der Waals surface area contributed by atoms with Gasteiger partial charge < -0.3 is 11.1 Å². The van der Waals surface area contributed by atoms with Crippen LogP contribution in [0.25, 0.3) is 0 Å². The van der Waals surface area contributed by atoms with Crippen LogP contribution < -0.4 is 11.1 Å². The summed E-state index contributed by atoms with van der Waals surface area (Å²) < 4.78 is 0. The lowest BCUT2D eigenvalue weighted by atomic mass is 9.91. The number of hydrogen-bond donors (Lipinski definition) is 3. The number of aromatic amines is 1. The van der Waals surface area contributed by atoms with E-state index >= 15 is 0 Å². The third-order valence-electron chi connectivity index (χ3n) is 3.50. The van der Waals surface area contributed by atoms with E-state index in [4.69, 9.17) is 5.73 Å². The average molecular weight is 306 g/mol. The number of nitrogen functional groups attached to an aromatic ring is 1. The number of nitrogens with two attached hydrogens (primary N) is 1. The normalized spacial score (nSPS) is 11.9. The first kappa shape index (κ1) is 15.6. The molecule has 0 aliphatic rings. The Morgan fingerprint density at radius 3 is 2.76 bits per heavy atom. The van der Waals surface area contributed by atoms with Crippen molar-refractivity contribution in [2.24, 2.45) is 0 Å². The van der Waals surface area contributed by atoms with Crippen molar-refractivity contribution in [3.8, 4) is 0 Å². The van der Waals surface area contributed by atoms with Crippen molar-refractivity contribution in [1.29, 1.82) is 0 Å². The van der Waals surface area contributed by atoms with E-state index in [0.29, 0.717) is 12.2 Å². The number of thiophene rings is 1. The monoisotopic (exact) mass is 306 g/mol. The molecular weight excluding hydrogens is 284 g/mol. The van der Waals surface area contributed by atoms with Gasteiger partial charge in [0.2, 0.25) is 0 Å². The fourth-order valence-electron chi connectivity index (χ4n) is 2.11. The Morgan fingerprint density at radius 1 is 1.52 bits per heavy atom. The molecule has 1 amide bonds. The third kappa shape index (κ3) is 3.26. The number of H-pyrrole nitrogens is 1. The molecular formula is C15H22N4OS. The summed E-state index contributed by atoms with van der Waals surface area (Å²) in [5, 5.41) is 11.9. The van der Waals surface area contributed by atoms with Crippen LogP contribution in [-0.2, 0) is 5.41 Å². The molecule has 114 valence electrons. The van der Waals surface area contributed by atoms with Crippen LogP contribution in [0.3, 0.4) is 0 Å². The fraction of sp³-hybridized carbons (Fsp3) is 0.467. The summed E-state index contributed by atoms with van der Waals surface area (Å²) in [6.45, 7) is 8.76. The molecule has 0 unspecified atom stereocenters. The van der Waals surface area contributed by atoms with Gasteiger partial charge in [-0.2, -0.15) is 5.10 Å². The lowest BCUT2D eigenvalue weighted by Gasteiger charge is -2.23. The minimum Gasteiger partial charge on any atom is -0.395 e. The summed E-state index contributed by atoms with van der Waals surface area (Å²) in [7, 11) is 0. The molecule has 0 aromatic carbocycles. The lowest BCUT2D eigenvalue weighted by Crippen LogP contribution is -2.36. The summed E-state index contributed by atoms with van der Waals surface area (Å²) in [4.78, 5) is 13.5. The maximum absolute atomic E-state index is 12.2. The average Bonchev–Trinajstić information content (AvgIpc) is 3.05. The van der Waals surface area contributed by atoms with Gasteiger partial charge in [-0.05, 0) is 17.4 Å². The van der Waals surface area contributed by atoms with Crippen LogP contribution in [-0.4, -0.2) is 22.6 Å². The van der Waals surface area contributed by atoms with E-state index in [2.05, 4.69) is 35.4 Å². The first-order chi connectivity index (χ1) is 9.83. The van der Waals surface area contributed by atoms with Crippen molar-refractivity contribution in [2.75, 3.05) is 12.3 Å². The molecule has 2 heterocycles. The third-order valence-corrected chi connectivity index (χ3v) is 4.74. The van der Waals surface area contributed by atoms with Crippen molar-refractivity contribution >= 4 is 22.9 Å². The van der Waals surface area contributed by atoms with Gasteiger partial charge in [0.25, 0.3) is 5.91 Å². The van der Waals surface area contributed by atoms with Gasteiger partial charge in [0.1, 0.15) is 0 Å². The number of amides is 1. The molecule has 6 heteroatoms. The zero-order chi connectivity index (χ0) is 15.6. The predicted octanol–water partition coefficient (Wildman–Crippen LogP) is 2.88. The predicted molar refractivity (Wildman–Crippen MR) is 86.8 cm³/mol. The number of hydrogen-bond acceptors (Lipinski definition) is 4. The van der Waals surface area contributed by atoms with E-state index in [1.807, 2.05) is 25.3 Å². The van der Waals surface area contributed by atoms with Crippen LogP contribution in [0.4, 0.5) is 5.69 Å². The molecule has 0 saturated heterocycles. The molecule has 2 rings (SSSR count). The maximum Gasteiger partial charge on any atom is 0.273 e. The number of carbonyl (C=O) groups is 1. The molecule has 0 aliphatic heterocycles. The molecule has 2 aromatic rings. The van der Waals surface area contributed by atoms with E-state index in [1.165, 1.54) is 4.88 Å². The first-order valence-electron chi connectivity index (χ1n) is 6.99. The van der Waals surface area contributed by atoms with Crippen LogP contribution in [0.2, 0.25) is 0 Å². The van der Waals surface area contributed by atoms with Crippen LogP contribution in [0.15, 0.2) is 17.5 Å². The topological polar surface area (TPSA) is 83.8 Å². The van der Waals surface area contributed by atoms with Gasteiger partial charge in [0.15, 0.2) is 5.69 Å². The van der Waals surface area contributed by atoms with Gasteiger partial charge in [0, 0.05) is 16.8 Å². The van der Waals surface area contributed by atoms with Gasteiger partial charge in [-0.3, -0.25) is 9.89 Å². The smallest absolute Gasteiger partial charge is 0.273 e. The second-order valence-corrected chi connectivity index (χ2v) is 7.05. The van der Waals surface area contributed by atoms with Crippen molar-refractivity contribution in [3.05, 3.63) is 33.8 Å². The van der Waals surface area contributed by atoms with E-state index in [0.717, 1.165) is 5.69 Å². The van der Waals surface area contributed by atoms with Crippen LogP contribution in [0.5, 0.6) is 0 Å². The van der Waals surface area contributed by atoms with E-state index in [1.54, 1.807) is 11.3 Å². The highest BCUT2D eigenvalue weighted by Crippen LogP contribution is 2.27. The summed E-state index contributed by atoms with van der Waals surface area (Å²) in [5.41, 5.74) is 7.39. The summed E-state index contributed by atoms with van der Waals surface area (Å²) in [6.07, 6.45) is 0. The second-order valence-electron chi connectivity index (χ2n) is 6.10. The summed E-state index contributed by atoms with van der Waals surface area (Å²) in [6, 6.07) is 4.10. The number of nitrogens with one attached hydrogen (secondary N) is 2. The first-order valence-corrected chi connectivity index (χ1v) is 7.87. The van der Waals surface area contributed by atoms with Gasteiger partial charge >= 0.3 is 0 Å². The largest absolute Gasteiger partial charge is 0.395 e. The van der Waals surface area contributed by atoms with E-state index < -0.39 is 0 Å². The van der Waals surface area contributed by atoms with E-state index in [-0.39, 0.29) is 22.9 Å². The molecule has 0 aliphatic carbocycles. The zero-order valence-electron chi connectivity index (χ0n) is 12.9. The quantitative estimate of drug-likeness (QED) is 0.794. The van der Waals surface area contributed by atoms with Crippen molar-refractivity contribution < 1.29 is 4.79 Å². The Kier molecular flexibility index (Phi) is 4.37.